The van der Waals surface area contributed by atoms with Crippen molar-refractivity contribution in [3.8, 4) is 0 Å². The van der Waals surface area contributed by atoms with Gasteiger partial charge in [0.1, 0.15) is 17.1 Å². The number of ether oxygens (including phenoxy) is 1. The molecule has 5 nitrogen and oxygen atoms in total. The van der Waals surface area contributed by atoms with E-state index < -0.39 is 11.7 Å². The molecule has 1 aliphatic rings. The summed E-state index contributed by atoms with van der Waals surface area (Å²) in [5.41, 5.74) is 5.51. The van der Waals surface area contributed by atoms with Gasteiger partial charge in [-0.15, -0.1) is 0 Å². The summed E-state index contributed by atoms with van der Waals surface area (Å²) in [6.45, 7) is 7.96. The summed E-state index contributed by atoms with van der Waals surface area (Å²) in [5, 5.41) is 2.65. The molecule has 1 heterocycles. The molecule has 0 saturated heterocycles. The molecule has 3 atom stereocenters. The average molecular weight is 280 g/mol. The van der Waals surface area contributed by atoms with Crippen molar-refractivity contribution in [2.75, 3.05) is 6.54 Å². The third-order valence-corrected chi connectivity index (χ3v) is 3.35. The molecular weight excluding hydrogens is 256 g/mol. The van der Waals surface area contributed by atoms with E-state index in [4.69, 9.17) is 14.9 Å². The number of alkyl carbamates (subject to hydrolysis) is 1. The summed E-state index contributed by atoms with van der Waals surface area (Å²) in [7, 11) is 0. The van der Waals surface area contributed by atoms with Gasteiger partial charge in [0.2, 0.25) is 0 Å². The fourth-order valence-electron chi connectivity index (χ4n) is 2.09. The highest BCUT2D eigenvalue weighted by molar-refractivity contribution is 5.67. The van der Waals surface area contributed by atoms with Gasteiger partial charge in [-0.05, 0) is 45.2 Å². The number of furan rings is 1. The molecule has 3 unspecified atom stereocenters. The fourth-order valence-corrected chi connectivity index (χ4v) is 2.09. The van der Waals surface area contributed by atoms with Crippen molar-refractivity contribution in [2.24, 2.45) is 11.7 Å². The molecule has 0 aliphatic heterocycles. The van der Waals surface area contributed by atoms with Crippen LogP contribution >= 0.6 is 0 Å². The highest BCUT2D eigenvalue weighted by Gasteiger charge is 2.36. The quantitative estimate of drug-likeness (QED) is 0.889. The lowest BCUT2D eigenvalue weighted by atomic mass is 10.2. The van der Waals surface area contributed by atoms with Crippen LogP contribution in [0.15, 0.2) is 16.5 Å². The number of hydrogen-bond acceptors (Lipinski definition) is 4. The van der Waals surface area contributed by atoms with Crippen LogP contribution in [0.2, 0.25) is 0 Å². The second-order valence-corrected chi connectivity index (χ2v) is 6.55. The van der Waals surface area contributed by atoms with Crippen LogP contribution in [0.4, 0.5) is 4.79 Å². The first kappa shape index (κ1) is 14.9. The van der Waals surface area contributed by atoms with Crippen molar-refractivity contribution >= 4 is 6.09 Å². The van der Waals surface area contributed by atoms with Crippen LogP contribution in [0.3, 0.4) is 0 Å². The van der Waals surface area contributed by atoms with E-state index >= 15 is 0 Å². The van der Waals surface area contributed by atoms with E-state index in [0.29, 0.717) is 24.1 Å². The highest BCUT2D eigenvalue weighted by Crippen LogP contribution is 2.47. The molecule has 1 aromatic heterocycles. The number of nitrogens with one attached hydrogen (secondary N) is 1. The summed E-state index contributed by atoms with van der Waals surface area (Å²) in [6.07, 6.45) is 0.716. The van der Waals surface area contributed by atoms with Gasteiger partial charge >= 0.3 is 6.09 Å². The second-order valence-electron chi connectivity index (χ2n) is 6.55. The van der Waals surface area contributed by atoms with E-state index in [2.05, 4.69) is 12.2 Å². The molecule has 1 amide bonds. The smallest absolute Gasteiger partial charge is 0.407 e. The Morgan fingerprint density at radius 2 is 2.20 bits per heavy atom. The summed E-state index contributed by atoms with van der Waals surface area (Å²) >= 11 is 0. The molecule has 0 spiro atoms. The number of amides is 1. The van der Waals surface area contributed by atoms with Crippen LogP contribution in [0.1, 0.15) is 57.6 Å². The lowest BCUT2D eigenvalue weighted by Crippen LogP contribution is -2.36. The van der Waals surface area contributed by atoms with Gasteiger partial charge in [-0.1, -0.05) is 6.92 Å². The Bertz CT molecular complexity index is 476. The van der Waals surface area contributed by atoms with Crippen LogP contribution in [-0.4, -0.2) is 18.2 Å². The molecule has 20 heavy (non-hydrogen) atoms. The minimum Gasteiger partial charge on any atom is -0.464 e. The van der Waals surface area contributed by atoms with E-state index in [1.54, 1.807) is 0 Å². The molecule has 1 fully saturated rings. The SMILES string of the molecule is CC1CC1c1ccc(C(N)CNC(=O)OC(C)(C)C)o1. The predicted octanol–water partition coefficient (Wildman–Crippen LogP) is 2.93. The van der Waals surface area contributed by atoms with Gasteiger partial charge in [0, 0.05) is 12.5 Å². The van der Waals surface area contributed by atoms with Crippen LogP contribution in [0.25, 0.3) is 0 Å². The van der Waals surface area contributed by atoms with Crippen molar-refractivity contribution < 1.29 is 13.9 Å². The molecule has 1 aliphatic carbocycles. The van der Waals surface area contributed by atoms with E-state index in [-0.39, 0.29) is 6.04 Å². The van der Waals surface area contributed by atoms with Crippen LogP contribution in [-0.2, 0) is 4.74 Å². The van der Waals surface area contributed by atoms with Gasteiger partial charge in [-0.25, -0.2) is 4.79 Å². The molecule has 1 aromatic rings. The monoisotopic (exact) mass is 280 g/mol. The molecule has 0 radical (unpaired) electrons. The Morgan fingerprint density at radius 1 is 1.55 bits per heavy atom. The zero-order valence-corrected chi connectivity index (χ0v) is 12.6. The van der Waals surface area contributed by atoms with E-state index in [0.717, 1.165) is 5.76 Å². The molecule has 5 heteroatoms. The van der Waals surface area contributed by atoms with Gasteiger partial charge in [0.25, 0.3) is 0 Å². The molecule has 112 valence electrons. The molecular formula is C15H24N2O3. The Balaban J connectivity index is 1.81. The number of carbonyl (C=O) groups is 1. The largest absolute Gasteiger partial charge is 0.464 e. The Hall–Kier alpha value is -1.49. The predicted molar refractivity (Wildman–Crippen MR) is 76.4 cm³/mol. The van der Waals surface area contributed by atoms with Crippen molar-refractivity contribution in [1.82, 2.24) is 5.32 Å². The Labute approximate surface area is 119 Å². The third kappa shape index (κ3) is 4.00. The summed E-state index contributed by atoms with van der Waals surface area (Å²) in [6, 6.07) is 3.52. The third-order valence-electron chi connectivity index (χ3n) is 3.35. The number of hydrogen-bond donors (Lipinski definition) is 2. The normalized spacial score (nSPS) is 23.2. The topological polar surface area (TPSA) is 77.5 Å². The molecule has 0 aromatic carbocycles. The lowest BCUT2D eigenvalue weighted by Gasteiger charge is -2.20. The van der Waals surface area contributed by atoms with Crippen LogP contribution in [0, 0.1) is 5.92 Å². The number of nitrogens with two attached hydrogens (primary N) is 1. The zero-order valence-electron chi connectivity index (χ0n) is 12.6. The van der Waals surface area contributed by atoms with Gasteiger partial charge in [-0.3, -0.25) is 0 Å². The summed E-state index contributed by atoms with van der Waals surface area (Å²) < 4.78 is 10.9. The first-order valence-corrected chi connectivity index (χ1v) is 7.08. The summed E-state index contributed by atoms with van der Waals surface area (Å²) in [4.78, 5) is 11.5. The van der Waals surface area contributed by atoms with Gasteiger partial charge in [-0.2, -0.15) is 0 Å². The number of carbonyl (C=O) groups excluding carboxylic acids is 1. The molecule has 0 bridgehead atoms. The zero-order chi connectivity index (χ0) is 14.9. The standard InChI is InChI=1S/C15H24N2O3/c1-9-7-10(9)12-5-6-13(19-12)11(16)8-17-14(18)20-15(2,3)4/h5-6,9-11H,7-8,16H2,1-4H3,(H,17,18). The number of rotatable bonds is 4. The second kappa shape index (κ2) is 5.48. The van der Waals surface area contributed by atoms with Crippen LogP contribution < -0.4 is 11.1 Å². The lowest BCUT2D eigenvalue weighted by molar-refractivity contribution is 0.0523. The molecule has 2 rings (SSSR count). The molecule has 3 N–H and O–H groups in total. The fraction of sp³-hybridized carbons (Fsp3) is 0.667. The minimum absolute atomic E-state index is 0.294. The van der Waals surface area contributed by atoms with E-state index in [1.165, 1.54) is 6.42 Å². The van der Waals surface area contributed by atoms with Crippen molar-refractivity contribution in [1.29, 1.82) is 0 Å². The highest BCUT2D eigenvalue weighted by atomic mass is 16.6. The maximum atomic E-state index is 11.5. The van der Waals surface area contributed by atoms with Crippen LogP contribution in [0.5, 0.6) is 0 Å². The molecule has 1 saturated carbocycles. The first-order valence-electron chi connectivity index (χ1n) is 7.08. The van der Waals surface area contributed by atoms with Gasteiger partial charge < -0.3 is 20.2 Å². The Morgan fingerprint density at radius 3 is 2.75 bits per heavy atom. The van der Waals surface area contributed by atoms with Gasteiger partial charge in [0.05, 0.1) is 6.04 Å². The Kier molecular flexibility index (Phi) is 4.09. The van der Waals surface area contributed by atoms with Crippen molar-refractivity contribution in [3.63, 3.8) is 0 Å². The average Bonchev–Trinajstić information content (AvgIpc) is 2.87. The summed E-state index contributed by atoms with van der Waals surface area (Å²) in [5.74, 6) is 2.94. The first-order chi connectivity index (χ1) is 9.26. The van der Waals surface area contributed by atoms with E-state index in [1.807, 2.05) is 32.9 Å². The van der Waals surface area contributed by atoms with Gasteiger partial charge in [0.15, 0.2) is 0 Å². The minimum atomic E-state index is -0.506. The maximum absolute atomic E-state index is 11.5. The van der Waals surface area contributed by atoms with Crippen molar-refractivity contribution in [2.45, 2.75) is 51.7 Å². The van der Waals surface area contributed by atoms with E-state index in [9.17, 15) is 4.79 Å². The maximum Gasteiger partial charge on any atom is 0.407 e. The van der Waals surface area contributed by atoms with Crippen molar-refractivity contribution in [3.05, 3.63) is 23.7 Å².